The first-order valence-corrected chi connectivity index (χ1v) is 19.6. The minimum Gasteiger partial charge on any atom is -0.486 e. The third kappa shape index (κ3) is 18.6. The van der Waals surface area contributed by atoms with E-state index in [4.69, 9.17) is 18.9 Å². The van der Waals surface area contributed by atoms with Gasteiger partial charge in [-0.3, -0.25) is 0 Å². The third-order valence-corrected chi connectivity index (χ3v) is 7.91. The lowest BCUT2D eigenvalue weighted by Crippen LogP contribution is -1.99. The van der Waals surface area contributed by atoms with Crippen molar-refractivity contribution in [3.63, 3.8) is 0 Å². The predicted molar refractivity (Wildman–Crippen MR) is 224 cm³/mol. The zero-order valence-electron chi connectivity index (χ0n) is 35.6. The average molecular weight is 849 g/mol. The lowest BCUT2D eigenvalue weighted by atomic mass is 10.2. The first kappa shape index (κ1) is 52.5. The first-order chi connectivity index (χ1) is 28.7. The SMILES string of the molecule is CC/C=C\COc1ccc(C)c(F)c1F.CC/C=C\COc1ccc(C)c(F)c1F.CC/C=C\COc1ccc(C)c(F)c1F.CC/C=C\COc1ccc(C)c(F)c1F. The fourth-order valence-corrected chi connectivity index (χ4v) is 4.45. The van der Waals surface area contributed by atoms with E-state index in [0.29, 0.717) is 0 Å². The summed E-state index contributed by atoms with van der Waals surface area (Å²) >= 11 is 0. The number of ether oxygens (including phenoxy) is 4. The molecule has 0 heterocycles. The van der Waals surface area contributed by atoms with E-state index < -0.39 is 46.5 Å². The van der Waals surface area contributed by atoms with Gasteiger partial charge in [-0.15, -0.1) is 0 Å². The van der Waals surface area contributed by atoms with Gasteiger partial charge in [-0.25, -0.2) is 17.6 Å². The van der Waals surface area contributed by atoms with Crippen LogP contribution < -0.4 is 18.9 Å². The molecule has 4 aromatic carbocycles. The van der Waals surface area contributed by atoms with Crippen molar-refractivity contribution in [2.75, 3.05) is 26.4 Å². The van der Waals surface area contributed by atoms with Crippen molar-refractivity contribution >= 4 is 0 Å². The van der Waals surface area contributed by atoms with Gasteiger partial charge in [0, 0.05) is 0 Å². The second-order valence-electron chi connectivity index (χ2n) is 12.8. The number of benzene rings is 4. The molecular weight excluding hydrogens is 793 g/mol. The largest absolute Gasteiger partial charge is 0.486 e. The van der Waals surface area contributed by atoms with Gasteiger partial charge in [-0.1, -0.05) is 101 Å². The third-order valence-electron chi connectivity index (χ3n) is 7.91. The lowest BCUT2D eigenvalue weighted by Gasteiger charge is -2.06. The molecule has 0 aliphatic heterocycles. The molecular formula is C48H56F8O4. The van der Waals surface area contributed by atoms with Crippen molar-refractivity contribution in [3.05, 3.63) is 166 Å². The maximum Gasteiger partial charge on any atom is 0.200 e. The van der Waals surface area contributed by atoms with Crippen LogP contribution in [-0.4, -0.2) is 26.4 Å². The van der Waals surface area contributed by atoms with Crippen molar-refractivity contribution in [2.24, 2.45) is 0 Å². The number of hydrogen-bond acceptors (Lipinski definition) is 4. The molecule has 60 heavy (non-hydrogen) atoms. The molecule has 0 aromatic heterocycles. The highest BCUT2D eigenvalue weighted by atomic mass is 19.2. The summed E-state index contributed by atoms with van der Waals surface area (Å²) in [4.78, 5) is 0. The fraction of sp³-hybridized carbons (Fsp3) is 0.333. The molecule has 0 unspecified atom stereocenters. The Bertz CT molecular complexity index is 1720. The Morgan fingerprint density at radius 2 is 0.483 bits per heavy atom. The Hall–Kier alpha value is -5.52. The van der Waals surface area contributed by atoms with Crippen LogP contribution >= 0.6 is 0 Å². The summed E-state index contributed by atoms with van der Waals surface area (Å²) in [5, 5.41) is 0. The van der Waals surface area contributed by atoms with Crippen LogP contribution in [0.2, 0.25) is 0 Å². The Morgan fingerprint density at radius 1 is 0.300 bits per heavy atom. The van der Waals surface area contributed by atoms with Crippen LogP contribution in [0, 0.1) is 74.2 Å². The van der Waals surface area contributed by atoms with Crippen LogP contribution in [0.5, 0.6) is 23.0 Å². The summed E-state index contributed by atoms with van der Waals surface area (Å²) in [5.74, 6) is -7.20. The molecule has 0 N–H and O–H groups in total. The second kappa shape index (κ2) is 29.7. The number of hydrogen-bond donors (Lipinski definition) is 0. The second-order valence-corrected chi connectivity index (χ2v) is 12.8. The smallest absolute Gasteiger partial charge is 0.200 e. The Labute approximate surface area is 349 Å². The highest BCUT2D eigenvalue weighted by Gasteiger charge is 2.14. The van der Waals surface area contributed by atoms with Crippen molar-refractivity contribution in [2.45, 2.75) is 81.1 Å². The van der Waals surface area contributed by atoms with Crippen LogP contribution in [0.15, 0.2) is 97.1 Å². The van der Waals surface area contributed by atoms with Crippen LogP contribution in [0.1, 0.15) is 75.6 Å². The molecule has 0 saturated heterocycles. The zero-order valence-corrected chi connectivity index (χ0v) is 35.6. The maximum atomic E-state index is 13.2. The molecule has 0 aliphatic rings. The first-order valence-electron chi connectivity index (χ1n) is 19.6. The summed E-state index contributed by atoms with van der Waals surface area (Å²) < 4.78 is 126. The van der Waals surface area contributed by atoms with E-state index in [0.717, 1.165) is 25.7 Å². The zero-order chi connectivity index (χ0) is 45.0. The van der Waals surface area contributed by atoms with Gasteiger partial charge in [0.2, 0.25) is 23.3 Å². The van der Waals surface area contributed by atoms with E-state index in [1.165, 1.54) is 76.2 Å². The van der Waals surface area contributed by atoms with Gasteiger partial charge in [-0.05, 0) is 99.9 Å². The van der Waals surface area contributed by atoms with Gasteiger partial charge in [0.25, 0.3) is 0 Å². The minimum absolute atomic E-state index is 0.0427. The van der Waals surface area contributed by atoms with Crippen LogP contribution in [0.25, 0.3) is 0 Å². The topological polar surface area (TPSA) is 36.9 Å². The summed E-state index contributed by atoms with van der Waals surface area (Å²) in [6.45, 7) is 15.0. The quantitative estimate of drug-likeness (QED) is 0.0831. The highest BCUT2D eigenvalue weighted by Crippen LogP contribution is 2.25. The van der Waals surface area contributed by atoms with Crippen LogP contribution in [0.3, 0.4) is 0 Å². The lowest BCUT2D eigenvalue weighted by molar-refractivity contribution is 0.331. The van der Waals surface area contributed by atoms with Crippen molar-refractivity contribution in [1.29, 1.82) is 0 Å². The Balaban J connectivity index is 0.000000400. The molecule has 4 aromatic rings. The number of rotatable bonds is 16. The van der Waals surface area contributed by atoms with E-state index in [1.807, 2.05) is 52.0 Å². The van der Waals surface area contributed by atoms with Gasteiger partial charge < -0.3 is 18.9 Å². The van der Waals surface area contributed by atoms with E-state index in [-0.39, 0.29) is 71.7 Å². The molecule has 0 fully saturated rings. The molecule has 0 radical (unpaired) electrons. The van der Waals surface area contributed by atoms with E-state index in [1.54, 1.807) is 24.3 Å². The monoisotopic (exact) mass is 848 g/mol. The van der Waals surface area contributed by atoms with Crippen LogP contribution in [0.4, 0.5) is 35.1 Å². The molecule has 4 rings (SSSR count). The molecule has 12 heteroatoms. The molecule has 4 nitrogen and oxygen atoms in total. The van der Waals surface area contributed by atoms with Crippen LogP contribution in [-0.2, 0) is 0 Å². The highest BCUT2D eigenvalue weighted by molar-refractivity contribution is 5.33. The van der Waals surface area contributed by atoms with Gasteiger partial charge >= 0.3 is 0 Å². The summed E-state index contributed by atoms with van der Waals surface area (Å²) in [6, 6.07) is 11.7. The molecule has 0 bridgehead atoms. The van der Waals surface area contributed by atoms with Crippen molar-refractivity contribution < 1.29 is 54.1 Å². The van der Waals surface area contributed by atoms with E-state index in [2.05, 4.69) is 0 Å². The standard InChI is InChI=1S/4C12H14F2O/c4*1-3-4-5-8-15-10-7-6-9(2)11(13)12(10)14/h4*4-7H,3,8H2,1-2H3/b4*5-4-. The molecule has 0 atom stereocenters. The molecule has 0 amide bonds. The number of aryl methyl sites for hydroxylation is 4. The van der Waals surface area contributed by atoms with Crippen molar-refractivity contribution in [3.8, 4) is 23.0 Å². The van der Waals surface area contributed by atoms with Gasteiger partial charge in [0.1, 0.15) is 26.4 Å². The summed E-state index contributed by atoms with van der Waals surface area (Å²) in [6.07, 6.45) is 18.3. The van der Waals surface area contributed by atoms with E-state index >= 15 is 0 Å². The minimum atomic E-state index is -0.917. The van der Waals surface area contributed by atoms with Crippen molar-refractivity contribution in [1.82, 2.24) is 0 Å². The van der Waals surface area contributed by atoms with Gasteiger partial charge in [0.05, 0.1) is 0 Å². The normalized spacial score (nSPS) is 10.9. The van der Waals surface area contributed by atoms with Gasteiger partial charge in [-0.2, -0.15) is 17.6 Å². The summed E-state index contributed by atoms with van der Waals surface area (Å²) in [7, 11) is 0. The molecule has 0 aliphatic carbocycles. The van der Waals surface area contributed by atoms with Gasteiger partial charge in [0.15, 0.2) is 46.3 Å². The predicted octanol–water partition coefficient (Wildman–Crippen LogP) is 14.5. The average Bonchev–Trinajstić information content (AvgIpc) is 3.24. The molecule has 0 saturated carbocycles. The molecule has 328 valence electrons. The van der Waals surface area contributed by atoms with E-state index in [9.17, 15) is 35.1 Å². The molecule has 0 spiro atoms. The Morgan fingerprint density at radius 3 is 0.650 bits per heavy atom. The number of allylic oxidation sites excluding steroid dienone is 4. The maximum absolute atomic E-state index is 13.2. The number of halogens is 8. The fourth-order valence-electron chi connectivity index (χ4n) is 4.45. The Kier molecular flexibility index (Phi) is 25.9. The summed E-state index contributed by atoms with van der Waals surface area (Å²) in [5.41, 5.74) is 1.13.